The molecule has 0 fully saturated rings. The standard InChI is InChI=1S/C20H20N2O3S/c1-3-14-9-11-15(12-10-14)22-19(24)16-7-5-6-8-17(16)21-20(22)26-13-18(23)25-4-2/h5-12H,3-4,13H2,1-2H3. The molecule has 0 amide bonds. The fraction of sp³-hybridized carbons (Fsp3) is 0.250. The second-order valence-corrected chi connectivity index (χ2v) is 6.61. The van der Waals surface area contributed by atoms with Crippen molar-refractivity contribution in [2.45, 2.75) is 25.4 Å². The molecule has 0 saturated heterocycles. The molecule has 0 aliphatic heterocycles. The molecule has 1 heterocycles. The van der Waals surface area contributed by atoms with Crippen molar-refractivity contribution in [3.63, 3.8) is 0 Å². The third-order valence-corrected chi connectivity index (χ3v) is 4.88. The van der Waals surface area contributed by atoms with Crippen LogP contribution in [0, 0.1) is 0 Å². The van der Waals surface area contributed by atoms with Gasteiger partial charge in [0, 0.05) is 0 Å². The number of aryl methyl sites for hydroxylation is 1. The molecule has 0 unspecified atom stereocenters. The molecule has 0 N–H and O–H groups in total. The first-order valence-electron chi connectivity index (χ1n) is 8.53. The molecule has 0 radical (unpaired) electrons. The molecule has 26 heavy (non-hydrogen) atoms. The van der Waals surface area contributed by atoms with Crippen molar-refractivity contribution in [1.29, 1.82) is 0 Å². The van der Waals surface area contributed by atoms with Gasteiger partial charge < -0.3 is 4.74 Å². The van der Waals surface area contributed by atoms with Crippen molar-refractivity contribution in [2.75, 3.05) is 12.4 Å². The molecule has 6 heteroatoms. The molecular weight excluding hydrogens is 348 g/mol. The van der Waals surface area contributed by atoms with Crippen molar-refractivity contribution in [2.24, 2.45) is 0 Å². The number of rotatable bonds is 6. The van der Waals surface area contributed by atoms with Crippen molar-refractivity contribution in [3.05, 3.63) is 64.4 Å². The Labute approximate surface area is 156 Å². The van der Waals surface area contributed by atoms with E-state index in [-0.39, 0.29) is 17.3 Å². The van der Waals surface area contributed by atoms with Crippen LogP contribution in [0.25, 0.3) is 16.6 Å². The van der Waals surface area contributed by atoms with E-state index in [4.69, 9.17) is 4.74 Å². The fourth-order valence-electron chi connectivity index (χ4n) is 2.64. The summed E-state index contributed by atoms with van der Waals surface area (Å²) in [5.74, 6) is -0.223. The number of fused-ring (bicyclic) bond motifs is 1. The van der Waals surface area contributed by atoms with Crippen molar-refractivity contribution in [3.8, 4) is 5.69 Å². The highest BCUT2D eigenvalue weighted by Crippen LogP contribution is 2.22. The van der Waals surface area contributed by atoms with Crippen molar-refractivity contribution < 1.29 is 9.53 Å². The number of ether oxygens (including phenoxy) is 1. The molecule has 2 aromatic carbocycles. The van der Waals surface area contributed by atoms with Gasteiger partial charge in [-0.1, -0.05) is 43.0 Å². The lowest BCUT2D eigenvalue weighted by Crippen LogP contribution is -2.22. The molecule has 0 atom stereocenters. The number of benzene rings is 2. The van der Waals surface area contributed by atoms with Crippen LogP contribution >= 0.6 is 11.8 Å². The van der Waals surface area contributed by atoms with E-state index in [9.17, 15) is 9.59 Å². The second-order valence-electron chi connectivity index (χ2n) is 5.67. The Bertz CT molecular complexity index is 981. The van der Waals surface area contributed by atoms with Crippen LogP contribution in [0.5, 0.6) is 0 Å². The summed E-state index contributed by atoms with van der Waals surface area (Å²) in [5.41, 5.74) is 2.39. The minimum Gasteiger partial charge on any atom is -0.465 e. The lowest BCUT2D eigenvalue weighted by atomic mass is 10.1. The molecular formula is C20H20N2O3S. The van der Waals surface area contributed by atoms with Crippen LogP contribution in [0.4, 0.5) is 0 Å². The highest BCUT2D eigenvalue weighted by Gasteiger charge is 2.15. The summed E-state index contributed by atoms with van der Waals surface area (Å²) in [7, 11) is 0. The number of nitrogens with zero attached hydrogens (tertiary/aromatic N) is 2. The average Bonchev–Trinajstić information content (AvgIpc) is 2.67. The van der Waals surface area contributed by atoms with Crippen LogP contribution in [0.2, 0.25) is 0 Å². The number of aromatic nitrogens is 2. The first-order chi connectivity index (χ1) is 12.6. The van der Waals surface area contributed by atoms with E-state index >= 15 is 0 Å². The van der Waals surface area contributed by atoms with Crippen LogP contribution in [0.15, 0.2) is 58.5 Å². The van der Waals surface area contributed by atoms with Gasteiger partial charge in [0.1, 0.15) is 0 Å². The van der Waals surface area contributed by atoms with Gasteiger partial charge in [-0.25, -0.2) is 4.98 Å². The molecule has 0 aliphatic carbocycles. The van der Waals surface area contributed by atoms with Gasteiger partial charge in [-0.05, 0) is 43.2 Å². The van der Waals surface area contributed by atoms with Gasteiger partial charge >= 0.3 is 5.97 Å². The Hall–Kier alpha value is -2.60. The summed E-state index contributed by atoms with van der Waals surface area (Å²) in [6.07, 6.45) is 0.926. The first kappa shape index (κ1) is 18.2. The van der Waals surface area contributed by atoms with Gasteiger partial charge in [0.25, 0.3) is 5.56 Å². The summed E-state index contributed by atoms with van der Waals surface area (Å²) < 4.78 is 6.54. The maximum absolute atomic E-state index is 13.1. The monoisotopic (exact) mass is 368 g/mol. The van der Waals surface area contributed by atoms with Gasteiger partial charge in [-0.15, -0.1) is 0 Å². The van der Waals surface area contributed by atoms with Gasteiger partial charge in [0.2, 0.25) is 0 Å². The minimum atomic E-state index is -0.326. The Balaban J connectivity index is 2.10. The van der Waals surface area contributed by atoms with Crippen LogP contribution in [-0.2, 0) is 16.0 Å². The molecule has 3 aromatic rings. The summed E-state index contributed by atoms with van der Waals surface area (Å²) in [6.45, 7) is 4.18. The second kappa shape index (κ2) is 8.19. The predicted molar refractivity (Wildman–Crippen MR) is 104 cm³/mol. The van der Waals surface area contributed by atoms with Crippen LogP contribution < -0.4 is 5.56 Å². The van der Waals surface area contributed by atoms with E-state index in [1.165, 1.54) is 17.3 Å². The highest BCUT2D eigenvalue weighted by molar-refractivity contribution is 7.99. The molecule has 0 saturated carbocycles. The van der Waals surface area contributed by atoms with Gasteiger partial charge in [-0.2, -0.15) is 0 Å². The maximum atomic E-state index is 13.1. The lowest BCUT2D eigenvalue weighted by Gasteiger charge is -2.13. The molecule has 3 rings (SSSR count). The molecule has 1 aromatic heterocycles. The number of carbonyl (C=O) groups excluding carboxylic acids is 1. The molecule has 134 valence electrons. The topological polar surface area (TPSA) is 61.2 Å². The highest BCUT2D eigenvalue weighted by atomic mass is 32.2. The Morgan fingerprint density at radius 3 is 2.54 bits per heavy atom. The lowest BCUT2D eigenvalue weighted by molar-refractivity contribution is -0.139. The molecule has 0 aliphatic rings. The minimum absolute atomic E-state index is 0.103. The van der Waals surface area contributed by atoms with E-state index in [2.05, 4.69) is 11.9 Å². The molecule has 0 spiro atoms. The largest absolute Gasteiger partial charge is 0.465 e. The third kappa shape index (κ3) is 3.80. The van der Waals surface area contributed by atoms with E-state index in [0.29, 0.717) is 22.7 Å². The van der Waals surface area contributed by atoms with Crippen LogP contribution in [0.3, 0.4) is 0 Å². The zero-order valence-electron chi connectivity index (χ0n) is 14.8. The van der Waals surface area contributed by atoms with Crippen molar-refractivity contribution >= 4 is 28.6 Å². The maximum Gasteiger partial charge on any atom is 0.316 e. The zero-order chi connectivity index (χ0) is 18.5. The number of esters is 1. The fourth-order valence-corrected chi connectivity index (χ4v) is 3.45. The number of carbonyl (C=O) groups is 1. The number of hydrogen-bond acceptors (Lipinski definition) is 5. The Morgan fingerprint density at radius 2 is 1.85 bits per heavy atom. The summed E-state index contributed by atoms with van der Waals surface area (Å²) in [4.78, 5) is 29.4. The predicted octanol–water partition coefficient (Wildman–Crippen LogP) is 3.60. The van der Waals surface area contributed by atoms with Crippen LogP contribution in [0.1, 0.15) is 19.4 Å². The number of para-hydroxylation sites is 1. The van der Waals surface area contributed by atoms with E-state index in [1.54, 1.807) is 23.6 Å². The summed E-state index contributed by atoms with van der Waals surface area (Å²) in [5, 5.41) is 1.03. The summed E-state index contributed by atoms with van der Waals surface area (Å²) >= 11 is 1.21. The summed E-state index contributed by atoms with van der Waals surface area (Å²) in [6, 6.07) is 15.0. The quantitative estimate of drug-likeness (QED) is 0.378. The van der Waals surface area contributed by atoms with Gasteiger partial charge in [0.15, 0.2) is 5.16 Å². The van der Waals surface area contributed by atoms with Crippen LogP contribution in [-0.4, -0.2) is 27.9 Å². The van der Waals surface area contributed by atoms with E-state index in [0.717, 1.165) is 12.1 Å². The SMILES string of the molecule is CCOC(=O)CSc1nc2ccccc2c(=O)n1-c1ccc(CC)cc1. The smallest absolute Gasteiger partial charge is 0.316 e. The molecule has 5 nitrogen and oxygen atoms in total. The number of hydrogen-bond donors (Lipinski definition) is 0. The zero-order valence-corrected chi connectivity index (χ0v) is 15.6. The Kier molecular flexibility index (Phi) is 5.73. The van der Waals surface area contributed by atoms with Gasteiger partial charge in [0.05, 0.1) is 29.0 Å². The van der Waals surface area contributed by atoms with Crippen molar-refractivity contribution in [1.82, 2.24) is 9.55 Å². The Morgan fingerprint density at radius 1 is 1.12 bits per heavy atom. The average molecular weight is 368 g/mol. The normalized spacial score (nSPS) is 10.8. The molecule has 0 bridgehead atoms. The number of thioether (sulfide) groups is 1. The first-order valence-corrected chi connectivity index (χ1v) is 9.52. The third-order valence-electron chi connectivity index (χ3n) is 3.97. The van der Waals surface area contributed by atoms with E-state index < -0.39 is 0 Å². The van der Waals surface area contributed by atoms with E-state index in [1.807, 2.05) is 36.4 Å². The van der Waals surface area contributed by atoms with Gasteiger partial charge in [-0.3, -0.25) is 14.2 Å².